The van der Waals surface area contributed by atoms with Crippen LogP contribution in [0.2, 0.25) is 0 Å². The van der Waals surface area contributed by atoms with E-state index in [4.69, 9.17) is 5.11 Å². The minimum atomic E-state index is 0.291. The largest absolute Gasteiger partial charge is 0.396 e. The molecule has 0 radical (unpaired) electrons. The highest BCUT2D eigenvalue weighted by Crippen LogP contribution is 2.10. The van der Waals surface area contributed by atoms with Crippen molar-refractivity contribution in [3.05, 3.63) is 41.5 Å². The molecule has 16 heavy (non-hydrogen) atoms. The van der Waals surface area contributed by atoms with Crippen LogP contribution < -0.4 is 0 Å². The second-order valence-electron chi connectivity index (χ2n) is 4.37. The molecule has 0 heterocycles. The van der Waals surface area contributed by atoms with Gasteiger partial charge in [0.25, 0.3) is 0 Å². The normalized spacial score (nSPS) is 13.2. The molecule has 0 bridgehead atoms. The average molecular weight is 218 g/mol. The van der Waals surface area contributed by atoms with Crippen LogP contribution in [-0.2, 0) is 6.42 Å². The van der Waals surface area contributed by atoms with E-state index in [-0.39, 0.29) is 0 Å². The molecule has 1 atom stereocenters. The van der Waals surface area contributed by atoms with Gasteiger partial charge in [0, 0.05) is 6.61 Å². The first-order chi connectivity index (χ1) is 7.76. The van der Waals surface area contributed by atoms with Gasteiger partial charge < -0.3 is 5.11 Å². The number of aryl methyl sites for hydroxylation is 1. The zero-order valence-corrected chi connectivity index (χ0v) is 10.3. The van der Waals surface area contributed by atoms with Crippen molar-refractivity contribution in [2.24, 2.45) is 5.92 Å². The third-order valence-corrected chi connectivity index (χ3v) is 2.81. The summed E-state index contributed by atoms with van der Waals surface area (Å²) in [6.45, 7) is 4.54. The molecule has 1 nitrogen and oxygen atoms in total. The van der Waals surface area contributed by atoms with Gasteiger partial charge in [-0.2, -0.15) is 0 Å². The summed E-state index contributed by atoms with van der Waals surface area (Å²) in [5.74, 6) is 0.409. The summed E-state index contributed by atoms with van der Waals surface area (Å²) in [4.78, 5) is 0. The molecule has 1 rings (SSSR count). The molecule has 1 heteroatoms. The van der Waals surface area contributed by atoms with E-state index < -0.39 is 0 Å². The van der Waals surface area contributed by atoms with Crippen molar-refractivity contribution in [2.45, 2.75) is 33.1 Å². The van der Waals surface area contributed by atoms with Crippen molar-refractivity contribution < 1.29 is 5.11 Å². The third-order valence-electron chi connectivity index (χ3n) is 2.81. The Morgan fingerprint density at radius 2 is 2.19 bits per heavy atom. The highest BCUT2D eigenvalue weighted by atomic mass is 16.3. The summed E-state index contributed by atoms with van der Waals surface area (Å²) in [6, 6.07) is 8.62. The summed E-state index contributed by atoms with van der Waals surface area (Å²) in [5.41, 5.74) is 2.65. The third kappa shape index (κ3) is 4.63. The monoisotopic (exact) mass is 218 g/mol. The maximum Gasteiger partial charge on any atom is 0.0456 e. The minimum Gasteiger partial charge on any atom is -0.396 e. The molecule has 0 amide bonds. The number of rotatable bonds is 6. The van der Waals surface area contributed by atoms with E-state index in [1.165, 1.54) is 11.1 Å². The lowest BCUT2D eigenvalue weighted by Crippen LogP contribution is -1.98. The fourth-order valence-corrected chi connectivity index (χ4v) is 1.61. The summed E-state index contributed by atoms with van der Waals surface area (Å²) in [5, 5.41) is 8.90. The number of aliphatic hydroxyl groups is 1. The lowest BCUT2D eigenvalue weighted by Gasteiger charge is -2.03. The van der Waals surface area contributed by atoms with Crippen molar-refractivity contribution in [1.29, 1.82) is 0 Å². The Morgan fingerprint density at radius 3 is 2.88 bits per heavy atom. The van der Waals surface area contributed by atoms with E-state index >= 15 is 0 Å². The molecule has 0 spiro atoms. The molecule has 0 fully saturated rings. The predicted octanol–water partition coefficient (Wildman–Crippen LogP) is 3.67. The number of allylic oxidation sites excluding steroid dienone is 1. The van der Waals surface area contributed by atoms with E-state index in [1.54, 1.807) is 0 Å². The van der Waals surface area contributed by atoms with Crippen molar-refractivity contribution in [2.75, 3.05) is 6.61 Å². The summed E-state index contributed by atoms with van der Waals surface area (Å²) in [6.07, 6.45) is 7.55. The SMILES string of the molecule is CCc1cccc(/C=C/CC[C@@H](C)CO)c1. The summed E-state index contributed by atoms with van der Waals surface area (Å²) >= 11 is 0. The van der Waals surface area contributed by atoms with Crippen LogP contribution in [-0.4, -0.2) is 11.7 Å². The Balaban J connectivity index is 2.43. The van der Waals surface area contributed by atoms with Crippen LogP contribution in [0.3, 0.4) is 0 Å². The Hall–Kier alpha value is -1.08. The molecule has 88 valence electrons. The van der Waals surface area contributed by atoms with Crippen molar-refractivity contribution in [3.8, 4) is 0 Å². The Labute approximate surface area is 98.8 Å². The number of aliphatic hydroxyl groups excluding tert-OH is 1. The van der Waals surface area contributed by atoms with Gasteiger partial charge in [0.05, 0.1) is 0 Å². The smallest absolute Gasteiger partial charge is 0.0456 e. The van der Waals surface area contributed by atoms with Crippen molar-refractivity contribution in [3.63, 3.8) is 0 Å². The van der Waals surface area contributed by atoms with Crippen molar-refractivity contribution >= 4 is 6.08 Å². The number of hydrogen-bond donors (Lipinski definition) is 1. The van der Waals surface area contributed by atoms with Gasteiger partial charge >= 0.3 is 0 Å². The average Bonchev–Trinajstić information content (AvgIpc) is 2.34. The van der Waals surface area contributed by atoms with Crippen LogP contribution in [0, 0.1) is 5.92 Å². The van der Waals surface area contributed by atoms with Crippen molar-refractivity contribution in [1.82, 2.24) is 0 Å². The van der Waals surface area contributed by atoms with Gasteiger partial charge in [0.2, 0.25) is 0 Å². The molecule has 1 aromatic carbocycles. The summed E-state index contributed by atoms with van der Waals surface area (Å²) < 4.78 is 0. The molecule has 1 N–H and O–H groups in total. The Bertz CT molecular complexity index is 328. The second kappa shape index (κ2) is 7.24. The van der Waals surface area contributed by atoms with E-state index in [1.807, 2.05) is 0 Å². The van der Waals surface area contributed by atoms with Gasteiger partial charge in [0.1, 0.15) is 0 Å². The molecule has 0 aliphatic heterocycles. The van der Waals surface area contributed by atoms with Gasteiger partial charge in [0.15, 0.2) is 0 Å². The number of benzene rings is 1. The van der Waals surface area contributed by atoms with Gasteiger partial charge in [-0.1, -0.05) is 50.3 Å². The first kappa shape index (κ1) is 13.0. The number of hydrogen-bond acceptors (Lipinski definition) is 1. The quantitative estimate of drug-likeness (QED) is 0.772. The standard InChI is InChI=1S/C15H22O/c1-3-14-9-6-10-15(11-14)8-5-4-7-13(2)12-16/h5-6,8-11,13,16H,3-4,7,12H2,1-2H3/b8-5+/t13-/m1/s1. The molecular weight excluding hydrogens is 196 g/mol. The molecule has 0 aromatic heterocycles. The molecule has 0 saturated heterocycles. The van der Waals surface area contributed by atoms with Crippen LogP contribution in [0.25, 0.3) is 6.08 Å². The van der Waals surface area contributed by atoms with E-state index in [0.29, 0.717) is 12.5 Å². The fourth-order valence-electron chi connectivity index (χ4n) is 1.61. The fraction of sp³-hybridized carbons (Fsp3) is 0.467. The predicted molar refractivity (Wildman–Crippen MR) is 70.3 cm³/mol. The maximum absolute atomic E-state index is 8.90. The Morgan fingerprint density at radius 1 is 1.38 bits per heavy atom. The Kier molecular flexibility index (Phi) is 5.87. The van der Waals surface area contributed by atoms with Gasteiger partial charge in [-0.05, 0) is 36.3 Å². The minimum absolute atomic E-state index is 0.291. The highest BCUT2D eigenvalue weighted by molar-refractivity contribution is 5.50. The molecule has 0 saturated carbocycles. The first-order valence-corrected chi connectivity index (χ1v) is 6.12. The van der Waals surface area contributed by atoms with E-state index in [2.05, 4.69) is 50.3 Å². The molecule has 0 unspecified atom stereocenters. The zero-order valence-electron chi connectivity index (χ0n) is 10.3. The van der Waals surface area contributed by atoms with E-state index in [0.717, 1.165) is 19.3 Å². The second-order valence-corrected chi connectivity index (χ2v) is 4.37. The van der Waals surface area contributed by atoms with Crippen LogP contribution in [0.1, 0.15) is 37.8 Å². The van der Waals surface area contributed by atoms with Gasteiger partial charge in [-0.3, -0.25) is 0 Å². The van der Waals surface area contributed by atoms with Gasteiger partial charge in [-0.15, -0.1) is 0 Å². The highest BCUT2D eigenvalue weighted by Gasteiger charge is 1.96. The summed E-state index contributed by atoms with van der Waals surface area (Å²) in [7, 11) is 0. The van der Waals surface area contributed by atoms with Crippen LogP contribution in [0.15, 0.2) is 30.3 Å². The first-order valence-electron chi connectivity index (χ1n) is 6.12. The van der Waals surface area contributed by atoms with E-state index in [9.17, 15) is 0 Å². The molecule has 0 aliphatic carbocycles. The lowest BCUT2D eigenvalue weighted by molar-refractivity contribution is 0.231. The van der Waals surface area contributed by atoms with Gasteiger partial charge in [-0.25, -0.2) is 0 Å². The zero-order chi connectivity index (χ0) is 11.8. The van der Waals surface area contributed by atoms with Crippen LogP contribution in [0.4, 0.5) is 0 Å². The van der Waals surface area contributed by atoms with Crippen LogP contribution in [0.5, 0.6) is 0 Å². The van der Waals surface area contributed by atoms with Crippen LogP contribution >= 0.6 is 0 Å². The molecular formula is C15H22O. The lowest BCUT2D eigenvalue weighted by atomic mass is 10.1. The molecule has 0 aliphatic rings. The maximum atomic E-state index is 8.90. The molecule has 1 aromatic rings. The topological polar surface area (TPSA) is 20.2 Å².